The molecule has 0 spiro atoms. The van der Waals surface area contributed by atoms with Crippen LogP contribution < -0.4 is 0 Å². The summed E-state index contributed by atoms with van der Waals surface area (Å²) in [6.45, 7) is 2.94. The van der Waals surface area contributed by atoms with Gasteiger partial charge in [0.1, 0.15) is 0 Å². The van der Waals surface area contributed by atoms with Crippen molar-refractivity contribution < 1.29 is 9.90 Å². The van der Waals surface area contributed by atoms with Gasteiger partial charge in [-0.3, -0.25) is 4.79 Å². The lowest BCUT2D eigenvalue weighted by Crippen LogP contribution is -2.50. The first-order chi connectivity index (χ1) is 10.2. The molecule has 21 heavy (non-hydrogen) atoms. The van der Waals surface area contributed by atoms with Gasteiger partial charge in [0.25, 0.3) is 5.91 Å². The second-order valence-electron chi connectivity index (χ2n) is 6.21. The van der Waals surface area contributed by atoms with E-state index in [2.05, 4.69) is 19.1 Å². The van der Waals surface area contributed by atoms with E-state index in [0.717, 1.165) is 44.2 Å². The predicted octanol–water partition coefficient (Wildman–Crippen LogP) is 3.02. The predicted molar refractivity (Wildman–Crippen MR) is 84.2 cm³/mol. The Labute approximate surface area is 126 Å². The smallest absolute Gasteiger partial charge is 0.254 e. The zero-order valence-corrected chi connectivity index (χ0v) is 12.6. The summed E-state index contributed by atoms with van der Waals surface area (Å²) >= 11 is 0. The van der Waals surface area contributed by atoms with Gasteiger partial charge in [-0.15, -0.1) is 0 Å². The first-order valence-electron chi connectivity index (χ1n) is 7.92. The maximum absolute atomic E-state index is 12.9. The van der Waals surface area contributed by atoms with Crippen LogP contribution in [0.5, 0.6) is 0 Å². The number of carbonyl (C=O) groups excluding carboxylic acids is 1. The number of rotatable bonds is 4. The van der Waals surface area contributed by atoms with Crippen LogP contribution in [0.4, 0.5) is 0 Å². The highest BCUT2D eigenvalue weighted by Crippen LogP contribution is 2.35. The minimum atomic E-state index is -0.344. The summed E-state index contributed by atoms with van der Waals surface area (Å²) in [7, 11) is 0. The van der Waals surface area contributed by atoms with Crippen LogP contribution in [-0.2, 0) is 6.42 Å². The van der Waals surface area contributed by atoms with Gasteiger partial charge in [0, 0.05) is 12.1 Å². The van der Waals surface area contributed by atoms with Gasteiger partial charge in [0.15, 0.2) is 0 Å². The molecule has 2 aliphatic rings. The van der Waals surface area contributed by atoms with Crippen LogP contribution in [0.1, 0.15) is 54.1 Å². The third-order valence-electron chi connectivity index (χ3n) is 4.88. The van der Waals surface area contributed by atoms with E-state index >= 15 is 0 Å². The molecule has 1 aromatic rings. The van der Waals surface area contributed by atoms with E-state index in [1.807, 2.05) is 23.1 Å². The van der Waals surface area contributed by atoms with Gasteiger partial charge in [-0.1, -0.05) is 31.6 Å². The lowest BCUT2D eigenvalue weighted by molar-refractivity contribution is 0.0377. The minimum Gasteiger partial charge on any atom is -0.394 e. The van der Waals surface area contributed by atoms with Crippen LogP contribution in [0.25, 0.3) is 6.08 Å². The second kappa shape index (κ2) is 5.64. The molecule has 1 aliphatic heterocycles. The average Bonchev–Trinajstić information content (AvgIpc) is 3.12. The summed E-state index contributed by atoms with van der Waals surface area (Å²) in [5, 5.41) is 9.86. The van der Waals surface area contributed by atoms with E-state index in [0.29, 0.717) is 0 Å². The van der Waals surface area contributed by atoms with Crippen molar-refractivity contribution in [2.75, 3.05) is 13.2 Å². The van der Waals surface area contributed by atoms with Crippen LogP contribution in [0.3, 0.4) is 0 Å². The number of aliphatic hydroxyl groups is 1. The van der Waals surface area contributed by atoms with Crippen LogP contribution >= 0.6 is 0 Å². The summed E-state index contributed by atoms with van der Waals surface area (Å²) < 4.78 is 0. The molecule has 1 atom stereocenters. The molecule has 1 unspecified atom stereocenters. The highest BCUT2D eigenvalue weighted by Gasteiger charge is 2.42. The van der Waals surface area contributed by atoms with E-state index in [4.69, 9.17) is 0 Å². The molecule has 1 fully saturated rings. The fourth-order valence-electron chi connectivity index (χ4n) is 3.77. The van der Waals surface area contributed by atoms with Crippen LogP contribution in [0, 0.1) is 0 Å². The zero-order chi connectivity index (χ0) is 14.9. The summed E-state index contributed by atoms with van der Waals surface area (Å²) in [6.07, 6.45) is 8.91. The lowest BCUT2D eigenvalue weighted by Gasteiger charge is -2.37. The first-order valence-corrected chi connectivity index (χ1v) is 7.92. The summed E-state index contributed by atoms with van der Waals surface area (Å²) in [6, 6.07) is 5.97. The van der Waals surface area contributed by atoms with Crippen molar-refractivity contribution in [1.29, 1.82) is 0 Å². The van der Waals surface area contributed by atoms with Gasteiger partial charge in [-0.05, 0) is 48.9 Å². The molecule has 0 bridgehead atoms. The van der Waals surface area contributed by atoms with E-state index in [-0.39, 0.29) is 18.1 Å². The van der Waals surface area contributed by atoms with Crippen molar-refractivity contribution >= 4 is 12.0 Å². The number of nitrogens with zero attached hydrogens (tertiary/aromatic N) is 1. The normalized spacial score (nSPS) is 23.6. The molecule has 0 saturated carbocycles. The maximum atomic E-state index is 12.9. The van der Waals surface area contributed by atoms with Crippen molar-refractivity contribution in [2.45, 2.75) is 44.6 Å². The maximum Gasteiger partial charge on any atom is 0.254 e. The van der Waals surface area contributed by atoms with E-state index < -0.39 is 0 Å². The number of carbonyl (C=O) groups is 1. The largest absolute Gasteiger partial charge is 0.394 e. The van der Waals surface area contributed by atoms with Crippen molar-refractivity contribution in [1.82, 2.24) is 4.90 Å². The Balaban J connectivity index is 1.87. The number of hydrogen-bond acceptors (Lipinski definition) is 2. The van der Waals surface area contributed by atoms with Gasteiger partial charge in [-0.2, -0.15) is 0 Å². The molecule has 1 heterocycles. The Morgan fingerprint density at radius 1 is 1.43 bits per heavy atom. The summed E-state index contributed by atoms with van der Waals surface area (Å²) in [5.74, 6) is 0.0738. The molecular weight excluding hydrogens is 262 g/mol. The highest BCUT2D eigenvalue weighted by molar-refractivity contribution is 5.95. The van der Waals surface area contributed by atoms with Crippen molar-refractivity contribution in [3.8, 4) is 0 Å². The van der Waals surface area contributed by atoms with Crippen LogP contribution in [0.2, 0.25) is 0 Å². The first kappa shape index (κ1) is 14.3. The van der Waals surface area contributed by atoms with Gasteiger partial charge in [0.05, 0.1) is 12.1 Å². The van der Waals surface area contributed by atoms with Crippen molar-refractivity contribution in [3.05, 3.63) is 41.0 Å². The Hall–Kier alpha value is -1.61. The number of aliphatic hydroxyl groups excluding tert-OH is 1. The van der Waals surface area contributed by atoms with Crippen LogP contribution in [-0.4, -0.2) is 34.6 Å². The van der Waals surface area contributed by atoms with E-state index in [9.17, 15) is 9.90 Å². The van der Waals surface area contributed by atoms with E-state index in [1.54, 1.807) is 0 Å². The Kier molecular flexibility index (Phi) is 3.85. The molecule has 1 saturated heterocycles. The number of likely N-dealkylation sites (tertiary alicyclic amines) is 1. The number of fused-ring (bicyclic) bond motifs is 1. The third-order valence-corrected chi connectivity index (χ3v) is 4.88. The molecule has 112 valence electrons. The fourth-order valence-corrected chi connectivity index (χ4v) is 3.77. The summed E-state index contributed by atoms with van der Waals surface area (Å²) in [5.41, 5.74) is 2.86. The van der Waals surface area contributed by atoms with Gasteiger partial charge in [0.2, 0.25) is 0 Å². The fraction of sp³-hybridized carbons (Fsp3) is 0.500. The Bertz CT molecular complexity index is 579. The molecule has 3 nitrogen and oxygen atoms in total. The molecule has 3 rings (SSSR count). The highest BCUT2D eigenvalue weighted by atomic mass is 16.3. The van der Waals surface area contributed by atoms with E-state index in [1.165, 1.54) is 11.1 Å². The summed E-state index contributed by atoms with van der Waals surface area (Å²) in [4.78, 5) is 14.8. The third kappa shape index (κ3) is 2.40. The number of hydrogen-bond donors (Lipinski definition) is 1. The van der Waals surface area contributed by atoms with Gasteiger partial charge in [-0.25, -0.2) is 0 Å². The minimum absolute atomic E-state index is 0.0685. The molecule has 1 aliphatic carbocycles. The topological polar surface area (TPSA) is 40.5 Å². The number of amides is 1. The molecular formula is C18H23NO2. The number of allylic oxidation sites excluding steroid dienone is 1. The molecule has 1 aromatic carbocycles. The Morgan fingerprint density at radius 3 is 3.05 bits per heavy atom. The van der Waals surface area contributed by atoms with Gasteiger partial charge < -0.3 is 10.0 Å². The Morgan fingerprint density at radius 2 is 2.29 bits per heavy atom. The molecule has 0 radical (unpaired) electrons. The monoisotopic (exact) mass is 285 g/mol. The van der Waals surface area contributed by atoms with Gasteiger partial charge >= 0.3 is 0 Å². The molecule has 3 heteroatoms. The zero-order valence-electron chi connectivity index (χ0n) is 12.6. The molecule has 1 amide bonds. The van der Waals surface area contributed by atoms with Crippen molar-refractivity contribution in [2.24, 2.45) is 0 Å². The molecule has 1 N–H and O–H groups in total. The molecule has 0 aromatic heterocycles. The van der Waals surface area contributed by atoms with Crippen LogP contribution in [0.15, 0.2) is 24.3 Å². The average molecular weight is 285 g/mol. The quantitative estimate of drug-likeness (QED) is 0.923. The second-order valence-corrected chi connectivity index (χ2v) is 6.21. The number of benzene rings is 1. The lowest BCUT2D eigenvalue weighted by atomic mass is 9.91. The van der Waals surface area contributed by atoms with Crippen molar-refractivity contribution in [3.63, 3.8) is 0 Å². The SMILES string of the molecule is CCCC1(CO)CCCN1C(=O)c1ccc2c(c1)CC=C2. The standard InChI is InChI=1S/C18H23NO2/c1-2-9-18(13-20)10-4-11-19(18)17(21)16-8-7-14-5-3-6-15(14)12-16/h3,5,7-8,12,20H,2,4,6,9-11,13H2,1H3.